The van der Waals surface area contributed by atoms with Gasteiger partial charge >= 0.3 is 5.97 Å². The van der Waals surface area contributed by atoms with Crippen molar-refractivity contribution in [3.05, 3.63) is 85.3 Å². The zero-order valence-corrected chi connectivity index (χ0v) is 17.2. The minimum absolute atomic E-state index is 0.100. The number of rotatable bonds is 4. The first-order chi connectivity index (χ1) is 15.4. The Morgan fingerprint density at radius 1 is 1.12 bits per heavy atom. The standard InChI is InChI=1S/C14H15N3O2.C9H7NO3/c15-6-8-1-2-9-3-4-17(7-10(9)5-8)12-11(16)13(18)14(12)19;11-9(12)5-7-6-3-1-2-4-8(6)13-10-7/h1-2,5H,3-4,6-7,15-16H2;1-4H,5H2,(H,11,12). The van der Waals surface area contributed by atoms with Crippen molar-refractivity contribution in [1.29, 1.82) is 0 Å². The van der Waals surface area contributed by atoms with Gasteiger partial charge in [-0.2, -0.15) is 0 Å². The van der Waals surface area contributed by atoms with E-state index in [0.717, 1.165) is 22.9 Å². The van der Waals surface area contributed by atoms with E-state index < -0.39 is 16.8 Å². The van der Waals surface area contributed by atoms with Gasteiger partial charge in [-0.25, -0.2) is 0 Å². The molecule has 0 unspecified atom stereocenters. The number of aliphatic carboxylic acids is 1. The Bertz CT molecular complexity index is 1370. The maximum absolute atomic E-state index is 11.6. The highest BCUT2D eigenvalue weighted by Gasteiger charge is 2.26. The van der Waals surface area contributed by atoms with Gasteiger partial charge in [-0.15, -0.1) is 0 Å². The molecule has 1 aliphatic rings. The zero-order valence-electron chi connectivity index (χ0n) is 17.2. The first kappa shape index (κ1) is 21.3. The molecule has 32 heavy (non-hydrogen) atoms. The second kappa shape index (κ2) is 8.64. The molecule has 9 nitrogen and oxygen atoms in total. The molecular formula is C23H22N4O5. The molecule has 0 saturated heterocycles. The van der Waals surface area contributed by atoms with Gasteiger partial charge in [0.1, 0.15) is 17.1 Å². The van der Waals surface area contributed by atoms with E-state index in [2.05, 4.69) is 17.3 Å². The fourth-order valence-corrected chi connectivity index (χ4v) is 3.85. The van der Waals surface area contributed by atoms with E-state index in [1.807, 2.05) is 23.1 Å². The molecule has 0 atom stereocenters. The van der Waals surface area contributed by atoms with E-state index in [1.165, 1.54) is 5.56 Å². The monoisotopic (exact) mass is 434 g/mol. The molecule has 164 valence electrons. The molecule has 0 spiro atoms. The molecule has 0 saturated carbocycles. The molecular weight excluding hydrogens is 412 g/mol. The predicted molar refractivity (Wildman–Crippen MR) is 120 cm³/mol. The largest absolute Gasteiger partial charge is 0.481 e. The molecule has 0 aliphatic carbocycles. The molecule has 0 radical (unpaired) electrons. The lowest BCUT2D eigenvalue weighted by atomic mass is 9.96. The Labute approximate surface area is 182 Å². The highest BCUT2D eigenvalue weighted by Crippen LogP contribution is 2.26. The number of nitrogen functional groups attached to an aromatic ring is 1. The number of nitrogens with two attached hydrogens (primary N) is 2. The van der Waals surface area contributed by atoms with Gasteiger partial charge in [-0.05, 0) is 35.2 Å². The molecule has 1 aliphatic heterocycles. The highest BCUT2D eigenvalue weighted by molar-refractivity contribution is 5.83. The lowest BCUT2D eigenvalue weighted by Crippen LogP contribution is -2.44. The molecule has 4 aromatic rings. The van der Waals surface area contributed by atoms with Crippen LogP contribution in [-0.4, -0.2) is 22.8 Å². The minimum atomic E-state index is -0.904. The van der Waals surface area contributed by atoms with E-state index in [4.69, 9.17) is 21.1 Å². The molecule has 0 fully saturated rings. The summed E-state index contributed by atoms with van der Waals surface area (Å²) in [6.07, 6.45) is 0.745. The number of nitrogens with zero attached hydrogens (tertiary/aromatic N) is 2. The van der Waals surface area contributed by atoms with Crippen molar-refractivity contribution in [2.24, 2.45) is 5.73 Å². The summed E-state index contributed by atoms with van der Waals surface area (Å²) >= 11 is 0. The van der Waals surface area contributed by atoms with Gasteiger partial charge in [0.05, 0.1) is 6.42 Å². The van der Waals surface area contributed by atoms with Crippen molar-refractivity contribution in [1.82, 2.24) is 5.16 Å². The van der Waals surface area contributed by atoms with Crippen LogP contribution in [-0.2, 0) is 30.7 Å². The number of carbonyl (C=O) groups is 1. The van der Waals surface area contributed by atoms with Gasteiger partial charge in [0.25, 0.3) is 10.9 Å². The lowest BCUT2D eigenvalue weighted by Gasteiger charge is -2.31. The van der Waals surface area contributed by atoms with Crippen molar-refractivity contribution in [2.45, 2.75) is 25.9 Å². The highest BCUT2D eigenvalue weighted by atomic mass is 16.5. The Morgan fingerprint density at radius 3 is 2.62 bits per heavy atom. The molecule has 5 rings (SSSR count). The summed E-state index contributed by atoms with van der Waals surface area (Å²) in [5, 5.41) is 13.0. The summed E-state index contributed by atoms with van der Waals surface area (Å²) in [4.78, 5) is 35.1. The van der Waals surface area contributed by atoms with Crippen molar-refractivity contribution in [2.75, 3.05) is 17.2 Å². The number of para-hydroxylation sites is 1. The van der Waals surface area contributed by atoms with Crippen molar-refractivity contribution >= 4 is 28.3 Å². The van der Waals surface area contributed by atoms with Crippen LogP contribution in [0.25, 0.3) is 11.0 Å². The van der Waals surface area contributed by atoms with E-state index in [1.54, 1.807) is 12.1 Å². The number of carboxylic acids is 1. The summed E-state index contributed by atoms with van der Waals surface area (Å²) in [7, 11) is 0. The van der Waals surface area contributed by atoms with Gasteiger partial charge in [-0.1, -0.05) is 35.5 Å². The third-order valence-corrected chi connectivity index (χ3v) is 5.53. The van der Waals surface area contributed by atoms with Crippen LogP contribution in [0.5, 0.6) is 0 Å². The Kier molecular flexibility index (Phi) is 5.74. The van der Waals surface area contributed by atoms with Crippen molar-refractivity contribution in [3.8, 4) is 0 Å². The van der Waals surface area contributed by atoms with E-state index in [9.17, 15) is 14.4 Å². The number of hydrogen-bond acceptors (Lipinski definition) is 8. The third kappa shape index (κ3) is 3.97. The van der Waals surface area contributed by atoms with Crippen molar-refractivity contribution < 1.29 is 14.4 Å². The third-order valence-electron chi connectivity index (χ3n) is 5.53. The van der Waals surface area contributed by atoms with Gasteiger partial charge < -0.3 is 26.0 Å². The number of fused-ring (bicyclic) bond motifs is 2. The van der Waals surface area contributed by atoms with Gasteiger partial charge in [0, 0.05) is 25.0 Å². The molecule has 0 amide bonds. The number of carboxylic acid groups (broad SMARTS) is 1. The number of anilines is 2. The molecule has 9 heteroatoms. The van der Waals surface area contributed by atoms with Crippen LogP contribution < -0.4 is 27.2 Å². The average Bonchev–Trinajstić information content (AvgIpc) is 3.21. The molecule has 5 N–H and O–H groups in total. The first-order valence-corrected chi connectivity index (χ1v) is 10.1. The summed E-state index contributed by atoms with van der Waals surface area (Å²) in [6.45, 7) is 1.82. The molecule has 3 aromatic carbocycles. The van der Waals surface area contributed by atoms with Crippen LogP contribution in [0.2, 0.25) is 0 Å². The van der Waals surface area contributed by atoms with E-state index >= 15 is 0 Å². The summed E-state index contributed by atoms with van der Waals surface area (Å²) in [5.74, 6) is -0.904. The van der Waals surface area contributed by atoms with E-state index in [0.29, 0.717) is 36.6 Å². The zero-order chi connectivity index (χ0) is 22.8. The second-order valence-electron chi connectivity index (χ2n) is 7.60. The Morgan fingerprint density at radius 2 is 1.91 bits per heavy atom. The normalized spacial score (nSPS) is 13.0. The predicted octanol–water partition coefficient (Wildman–Crippen LogP) is 1.34. The van der Waals surface area contributed by atoms with Crippen LogP contribution in [0.15, 0.2) is 56.6 Å². The van der Waals surface area contributed by atoms with Crippen molar-refractivity contribution in [3.63, 3.8) is 0 Å². The lowest BCUT2D eigenvalue weighted by molar-refractivity contribution is -0.136. The smallest absolute Gasteiger partial charge is 0.309 e. The van der Waals surface area contributed by atoms with Gasteiger partial charge in [0.15, 0.2) is 5.58 Å². The summed E-state index contributed by atoms with van der Waals surface area (Å²) in [5.41, 5.74) is 15.3. The number of hydrogen-bond donors (Lipinski definition) is 3. The maximum atomic E-state index is 11.6. The van der Waals surface area contributed by atoms with Crippen LogP contribution in [0.3, 0.4) is 0 Å². The number of aromatic nitrogens is 1. The second-order valence-corrected chi connectivity index (χ2v) is 7.60. The Hall–Kier alpha value is -3.98. The van der Waals surface area contributed by atoms with Gasteiger partial charge in [0.2, 0.25) is 0 Å². The summed E-state index contributed by atoms with van der Waals surface area (Å²) in [6, 6.07) is 13.4. The van der Waals surface area contributed by atoms with Crippen LogP contribution in [0.1, 0.15) is 22.4 Å². The quantitative estimate of drug-likeness (QED) is 0.404. The SMILES string of the molecule is NCc1ccc2c(c1)CN(c1c(N)c(=O)c1=O)CC2.O=C(O)Cc1noc2ccccc12. The fraction of sp³-hybridized carbons (Fsp3) is 0.217. The topological polar surface area (TPSA) is 153 Å². The maximum Gasteiger partial charge on any atom is 0.309 e. The van der Waals surface area contributed by atoms with Gasteiger partial charge in [-0.3, -0.25) is 14.4 Å². The Balaban J connectivity index is 0.000000165. The van der Waals surface area contributed by atoms with Crippen LogP contribution >= 0.6 is 0 Å². The molecule has 2 heterocycles. The van der Waals surface area contributed by atoms with Crippen LogP contribution in [0, 0.1) is 0 Å². The molecule has 0 bridgehead atoms. The average molecular weight is 434 g/mol. The minimum Gasteiger partial charge on any atom is -0.481 e. The van der Waals surface area contributed by atoms with Crippen LogP contribution in [0.4, 0.5) is 11.4 Å². The fourth-order valence-electron chi connectivity index (χ4n) is 3.85. The molecule has 1 aromatic heterocycles. The summed E-state index contributed by atoms with van der Waals surface area (Å²) < 4.78 is 4.94. The number of benzene rings is 2. The first-order valence-electron chi connectivity index (χ1n) is 10.1. The van der Waals surface area contributed by atoms with E-state index in [-0.39, 0.29) is 12.1 Å².